The van der Waals surface area contributed by atoms with E-state index in [1.165, 1.54) is 11.8 Å². The molecule has 1 atom stereocenters. The van der Waals surface area contributed by atoms with Crippen LogP contribution in [0, 0.1) is 0 Å². The number of carbonyl (C=O) groups is 3. The van der Waals surface area contributed by atoms with Gasteiger partial charge in [0, 0.05) is 13.5 Å². The Morgan fingerprint density at radius 1 is 1.22 bits per heavy atom. The molecule has 1 aromatic rings. The van der Waals surface area contributed by atoms with Gasteiger partial charge >= 0.3 is 6.09 Å². The van der Waals surface area contributed by atoms with Crippen molar-refractivity contribution in [1.82, 2.24) is 15.5 Å². The Balaban J connectivity index is 1.83. The minimum Gasteiger partial charge on any atom is -0.445 e. The smallest absolute Gasteiger partial charge is 0.410 e. The van der Waals surface area contributed by atoms with Crippen molar-refractivity contribution in [3.8, 4) is 0 Å². The lowest BCUT2D eigenvalue weighted by Crippen LogP contribution is -2.48. The molecule has 7 heteroatoms. The summed E-state index contributed by atoms with van der Waals surface area (Å²) in [5.41, 5.74) is 0.895. The second-order valence-corrected chi connectivity index (χ2v) is 5.34. The molecule has 0 spiro atoms. The Morgan fingerprint density at radius 3 is 2.65 bits per heavy atom. The molecule has 1 heterocycles. The van der Waals surface area contributed by atoms with Crippen LogP contribution in [0.1, 0.15) is 25.3 Å². The number of rotatable bonds is 5. The molecule has 1 aliphatic heterocycles. The summed E-state index contributed by atoms with van der Waals surface area (Å²) in [6.07, 6.45) is 0.844. The van der Waals surface area contributed by atoms with Crippen LogP contribution in [0.3, 0.4) is 0 Å². The SMILES string of the molecule is CC(=O)NCNC(=O)[C@@H]1CCCN1C(=O)OCc1ccccc1. The van der Waals surface area contributed by atoms with Crippen molar-refractivity contribution in [2.75, 3.05) is 13.2 Å². The van der Waals surface area contributed by atoms with Gasteiger partial charge in [0.15, 0.2) is 0 Å². The minimum atomic E-state index is -0.549. The van der Waals surface area contributed by atoms with Gasteiger partial charge < -0.3 is 15.4 Å². The molecule has 1 saturated heterocycles. The first-order valence-corrected chi connectivity index (χ1v) is 7.57. The lowest BCUT2D eigenvalue weighted by atomic mass is 10.2. The van der Waals surface area contributed by atoms with Gasteiger partial charge in [-0.3, -0.25) is 14.5 Å². The molecule has 23 heavy (non-hydrogen) atoms. The summed E-state index contributed by atoms with van der Waals surface area (Å²) in [7, 11) is 0. The van der Waals surface area contributed by atoms with Gasteiger partial charge in [0.2, 0.25) is 11.8 Å². The summed E-state index contributed by atoms with van der Waals surface area (Å²) in [5, 5.41) is 5.08. The number of ether oxygens (including phenoxy) is 1. The zero-order chi connectivity index (χ0) is 16.7. The molecule has 0 radical (unpaired) electrons. The zero-order valence-corrected chi connectivity index (χ0v) is 13.1. The summed E-state index contributed by atoms with van der Waals surface area (Å²) in [6, 6.07) is 8.83. The van der Waals surface area contributed by atoms with Crippen LogP contribution in [0.15, 0.2) is 30.3 Å². The molecule has 3 amide bonds. The molecular formula is C16H21N3O4. The molecular weight excluding hydrogens is 298 g/mol. The Labute approximate surface area is 135 Å². The van der Waals surface area contributed by atoms with Crippen molar-refractivity contribution >= 4 is 17.9 Å². The zero-order valence-electron chi connectivity index (χ0n) is 13.1. The van der Waals surface area contributed by atoms with Gasteiger partial charge in [0.05, 0.1) is 6.67 Å². The van der Waals surface area contributed by atoms with Gasteiger partial charge in [-0.25, -0.2) is 4.79 Å². The highest BCUT2D eigenvalue weighted by molar-refractivity contribution is 5.86. The fraction of sp³-hybridized carbons (Fsp3) is 0.438. The van der Waals surface area contributed by atoms with Crippen molar-refractivity contribution in [3.63, 3.8) is 0 Å². The standard InChI is InChI=1S/C16H21N3O4/c1-12(20)17-11-18-15(21)14-8-5-9-19(14)16(22)23-10-13-6-3-2-4-7-13/h2-4,6-7,14H,5,8-11H2,1H3,(H,17,20)(H,18,21)/t14-/m0/s1. The van der Waals surface area contributed by atoms with Crippen molar-refractivity contribution < 1.29 is 19.1 Å². The first-order valence-electron chi connectivity index (χ1n) is 7.57. The number of hydrogen-bond acceptors (Lipinski definition) is 4. The lowest BCUT2D eigenvalue weighted by Gasteiger charge is -2.23. The van der Waals surface area contributed by atoms with Gasteiger partial charge in [0.25, 0.3) is 0 Å². The average molecular weight is 319 g/mol. The highest BCUT2D eigenvalue weighted by atomic mass is 16.6. The van der Waals surface area contributed by atoms with E-state index in [1.807, 2.05) is 30.3 Å². The van der Waals surface area contributed by atoms with Crippen LogP contribution < -0.4 is 10.6 Å². The Morgan fingerprint density at radius 2 is 1.96 bits per heavy atom. The topological polar surface area (TPSA) is 87.7 Å². The Bertz CT molecular complexity index is 562. The number of hydrogen-bond donors (Lipinski definition) is 2. The van der Waals surface area contributed by atoms with Crippen molar-refractivity contribution in [3.05, 3.63) is 35.9 Å². The summed E-state index contributed by atoms with van der Waals surface area (Å²) >= 11 is 0. The average Bonchev–Trinajstić information content (AvgIpc) is 3.03. The normalized spacial score (nSPS) is 16.7. The fourth-order valence-corrected chi connectivity index (χ4v) is 2.43. The van der Waals surface area contributed by atoms with E-state index in [2.05, 4.69) is 10.6 Å². The lowest BCUT2D eigenvalue weighted by molar-refractivity contribution is -0.125. The largest absolute Gasteiger partial charge is 0.445 e. The number of amides is 3. The number of likely N-dealkylation sites (tertiary alicyclic amines) is 1. The van der Waals surface area contributed by atoms with E-state index < -0.39 is 12.1 Å². The molecule has 1 fully saturated rings. The fourth-order valence-electron chi connectivity index (χ4n) is 2.43. The first kappa shape index (κ1) is 16.8. The van der Waals surface area contributed by atoms with Gasteiger partial charge in [-0.1, -0.05) is 30.3 Å². The molecule has 1 aromatic carbocycles. The van der Waals surface area contributed by atoms with E-state index in [9.17, 15) is 14.4 Å². The summed E-state index contributed by atoms with van der Waals surface area (Å²) in [5.74, 6) is -0.510. The monoisotopic (exact) mass is 319 g/mol. The number of nitrogens with zero attached hydrogens (tertiary/aromatic N) is 1. The Hall–Kier alpha value is -2.57. The number of benzene rings is 1. The van der Waals surface area contributed by atoms with Crippen molar-refractivity contribution in [1.29, 1.82) is 0 Å². The second kappa shape index (κ2) is 8.17. The predicted molar refractivity (Wildman–Crippen MR) is 83.2 cm³/mol. The van der Waals surface area contributed by atoms with Crippen LogP contribution in [0.5, 0.6) is 0 Å². The molecule has 7 nitrogen and oxygen atoms in total. The predicted octanol–water partition coefficient (Wildman–Crippen LogP) is 0.997. The van der Waals surface area contributed by atoms with E-state index in [4.69, 9.17) is 4.74 Å². The van der Waals surface area contributed by atoms with Crippen LogP contribution >= 0.6 is 0 Å². The molecule has 0 aromatic heterocycles. The highest BCUT2D eigenvalue weighted by Crippen LogP contribution is 2.19. The van der Waals surface area contributed by atoms with Gasteiger partial charge in [-0.15, -0.1) is 0 Å². The molecule has 0 saturated carbocycles. The van der Waals surface area contributed by atoms with Gasteiger partial charge in [-0.2, -0.15) is 0 Å². The van der Waals surface area contributed by atoms with E-state index in [-0.39, 0.29) is 25.1 Å². The van der Waals surface area contributed by atoms with E-state index in [0.29, 0.717) is 13.0 Å². The summed E-state index contributed by atoms with van der Waals surface area (Å²) in [6.45, 7) is 2.09. The van der Waals surface area contributed by atoms with Crippen LogP contribution in [-0.2, 0) is 20.9 Å². The van der Waals surface area contributed by atoms with Crippen LogP contribution in [0.4, 0.5) is 4.79 Å². The quantitative estimate of drug-likeness (QED) is 0.793. The summed E-state index contributed by atoms with van der Waals surface area (Å²) < 4.78 is 5.27. The maximum atomic E-state index is 12.2. The van der Waals surface area contributed by atoms with Crippen molar-refractivity contribution in [2.45, 2.75) is 32.4 Å². The third-order valence-electron chi connectivity index (χ3n) is 3.60. The second-order valence-electron chi connectivity index (χ2n) is 5.34. The third kappa shape index (κ3) is 4.98. The van der Waals surface area contributed by atoms with Crippen molar-refractivity contribution in [2.24, 2.45) is 0 Å². The molecule has 0 unspecified atom stereocenters. The first-order chi connectivity index (χ1) is 11.1. The van der Waals surface area contributed by atoms with Crippen LogP contribution in [-0.4, -0.2) is 42.1 Å². The molecule has 2 N–H and O–H groups in total. The maximum absolute atomic E-state index is 12.2. The van der Waals surface area contributed by atoms with E-state index >= 15 is 0 Å². The molecule has 2 rings (SSSR count). The molecule has 124 valence electrons. The summed E-state index contributed by atoms with van der Waals surface area (Å²) in [4.78, 5) is 36.5. The van der Waals surface area contributed by atoms with Gasteiger partial charge in [-0.05, 0) is 18.4 Å². The van der Waals surface area contributed by atoms with E-state index in [1.54, 1.807) is 0 Å². The van der Waals surface area contributed by atoms with Crippen LogP contribution in [0.25, 0.3) is 0 Å². The molecule has 0 aliphatic carbocycles. The number of carbonyl (C=O) groups excluding carboxylic acids is 3. The highest BCUT2D eigenvalue weighted by Gasteiger charge is 2.34. The van der Waals surface area contributed by atoms with Gasteiger partial charge in [0.1, 0.15) is 12.6 Å². The Kier molecular flexibility index (Phi) is 5.96. The molecule has 1 aliphatic rings. The van der Waals surface area contributed by atoms with Crippen LogP contribution in [0.2, 0.25) is 0 Å². The maximum Gasteiger partial charge on any atom is 0.410 e. The number of nitrogens with one attached hydrogen (secondary N) is 2. The molecule has 0 bridgehead atoms. The van der Waals surface area contributed by atoms with E-state index in [0.717, 1.165) is 12.0 Å². The third-order valence-corrected chi connectivity index (χ3v) is 3.60. The minimum absolute atomic E-state index is 0.0531.